The summed E-state index contributed by atoms with van der Waals surface area (Å²) >= 11 is 0. The molecule has 0 spiro atoms. The van der Waals surface area contributed by atoms with Crippen LogP contribution in [0.1, 0.15) is 28.4 Å². The van der Waals surface area contributed by atoms with Crippen molar-refractivity contribution in [2.45, 2.75) is 32.4 Å². The van der Waals surface area contributed by atoms with Gasteiger partial charge in [-0.2, -0.15) is 0 Å². The molecule has 0 bridgehead atoms. The van der Waals surface area contributed by atoms with Gasteiger partial charge in [0.05, 0.1) is 5.56 Å². The molecule has 0 saturated heterocycles. The molecule has 0 aromatic carbocycles. The molecular formula is C16H17N5O3. The number of carbonyl (C=O) groups excluding carboxylic acids is 1. The zero-order valence-electron chi connectivity index (χ0n) is 13.4. The molecule has 8 nitrogen and oxygen atoms in total. The summed E-state index contributed by atoms with van der Waals surface area (Å²) in [5.74, 6) is 1.13. The Labute approximate surface area is 137 Å². The number of fused-ring (bicyclic) bond motifs is 2. The van der Waals surface area contributed by atoms with Gasteiger partial charge in [0.25, 0.3) is 11.5 Å². The number of furan rings is 1. The second-order valence-electron chi connectivity index (χ2n) is 6.08. The number of nitrogens with zero attached hydrogens (tertiary/aromatic N) is 4. The van der Waals surface area contributed by atoms with Crippen LogP contribution in [-0.4, -0.2) is 31.1 Å². The van der Waals surface area contributed by atoms with Crippen molar-refractivity contribution in [1.29, 1.82) is 0 Å². The molecule has 1 N–H and O–H groups in total. The number of hydrogen-bond donors (Lipinski definition) is 1. The van der Waals surface area contributed by atoms with E-state index in [1.165, 1.54) is 10.9 Å². The summed E-state index contributed by atoms with van der Waals surface area (Å²) in [5.41, 5.74) is 0.180. The monoisotopic (exact) mass is 327 g/mol. The standard InChI is InChI=1S/C16H17N5O3/c1-9-12(13-15(24-9)18-8-20(2)16(13)23)14(22)19-10-3-4-11-17-5-6-21(11)7-10/h5-6,8,10H,3-4,7H2,1-2H3,(H,19,22)/t10-/m0/s1. The van der Waals surface area contributed by atoms with Crippen molar-refractivity contribution >= 4 is 17.0 Å². The third kappa shape index (κ3) is 2.22. The molecule has 124 valence electrons. The van der Waals surface area contributed by atoms with Gasteiger partial charge in [-0.3, -0.25) is 9.59 Å². The summed E-state index contributed by atoms with van der Waals surface area (Å²) in [5, 5.41) is 3.24. The summed E-state index contributed by atoms with van der Waals surface area (Å²) in [7, 11) is 1.60. The second kappa shape index (κ2) is 5.33. The summed E-state index contributed by atoms with van der Waals surface area (Å²) in [6.45, 7) is 2.34. The van der Waals surface area contributed by atoms with E-state index in [2.05, 4.69) is 15.3 Å². The highest BCUT2D eigenvalue weighted by Crippen LogP contribution is 2.21. The molecule has 3 aromatic rings. The van der Waals surface area contributed by atoms with Crippen molar-refractivity contribution < 1.29 is 9.21 Å². The van der Waals surface area contributed by atoms with Gasteiger partial charge in [-0.15, -0.1) is 0 Å². The van der Waals surface area contributed by atoms with Gasteiger partial charge in [0.15, 0.2) is 0 Å². The van der Waals surface area contributed by atoms with Gasteiger partial charge in [0.2, 0.25) is 5.71 Å². The number of carbonyl (C=O) groups is 1. The normalized spacial score (nSPS) is 17.0. The number of amides is 1. The number of aryl methyl sites for hydroxylation is 3. The maximum Gasteiger partial charge on any atom is 0.265 e. The maximum atomic E-state index is 12.8. The van der Waals surface area contributed by atoms with Crippen LogP contribution in [0.3, 0.4) is 0 Å². The predicted octanol–water partition coefficient (Wildman–Crippen LogP) is 0.776. The largest absolute Gasteiger partial charge is 0.442 e. The van der Waals surface area contributed by atoms with Gasteiger partial charge in [-0.05, 0) is 13.3 Å². The molecule has 1 amide bonds. The average molecular weight is 327 g/mol. The molecular weight excluding hydrogens is 310 g/mol. The maximum absolute atomic E-state index is 12.8. The van der Waals surface area contributed by atoms with E-state index in [9.17, 15) is 9.59 Å². The summed E-state index contributed by atoms with van der Waals surface area (Å²) in [4.78, 5) is 33.5. The molecule has 0 aliphatic carbocycles. The Balaban J connectivity index is 1.66. The first-order valence-corrected chi connectivity index (χ1v) is 7.80. The van der Waals surface area contributed by atoms with E-state index < -0.39 is 0 Å². The summed E-state index contributed by atoms with van der Waals surface area (Å²) < 4.78 is 8.87. The topological polar surface area (TPSA) is 94.9 Å². The molecule has 4 heterocycles. The second-order valence-corrected chi connectivity index (χ2v) is 6.08. The van der Waals surface area contributed by atoms with Crippen LogP contribution in [0.15, 0.2) is 27.9 Å². The Hall–Kier alpha value is -2.90. The molecule has 8 heteroatoms. The van der Waals surface area contributed by atoms with Crippen LogP contribution in [0.25, 0.3) is 11.1 Å². The highest BCUT2D eigenvalue weighted by Gasteiger charge is 2.26. The average Bonchev–Trinajstić information content (AvgIpc) is 3.14. The number of rotatable bonds is 2. The molecule has 24 heavy (non-hydrogen) atoms. The van der Waals surface area contributed by atoms with E-state index in [4.69, 9.17) is 4.42 Å². The number of nitrogens with one attached hydrogen (secondary N) is 1. The van der Waals surface area contributed by atoms with Crippen molar-refractivity contribution in [1.82, 2.24) is 24.4 Å². The highest BCUT2D eigenvalue weighted by molar-refractivity contribution is 6.06. The van der Waals surface area contributed by atoms with E-state index >= 15 is 0 Å². The van der Waals surface area contributed by atoms with Crippen molar-refractivity contribution in [2.75, 3.05) is 0 Å². The number of imidazole rings is 1. The lowest BCUT2D eigenvalue weighted by molar-refractivity contribution is 0.0927. The fourth-order valence-corrected chi connectivity index (χ4v) is 3.20. The third-order valence-corrected chi connectivity index (χ3v) is 4.45. The molecule has 1 aliphatic rings. The molecule has 0 saturated carbocycles. The molecule has 1 aliphatic heterocycles. The highest BCUT2D eigenvalue weighted by atomic mass is 16.3. The Morgan fingerprint density at radius 2 is 2.25 bits per heavy atom. The quantitative estimate of drug-likeness (QED) is 0.750. The lowest BCUT2D eigenvalue weighted by atomic mass is 10.1. The van der Waals surface area contributed by atoms with E-state index in [1.54, 1.807) is 20.2 Å². The van der Waals surface area contributed by atoms with Crippen molar-refractivity contribution in [2.24, 2.45) is 7.05 Å². The van der Waals surface area contributed by atoms with Crippen LogP contribution >= 0.6 is 0 Å². The van der Waals surface area contributed by atoms with E-state index in [0.717, 1.165) is 18.7 Å². The minimum absolute atomic E-state index is 0.0101. The van der Waals surface area contributed by atoms with Crippen LogP contribution in [-0.2, 0) is 20.0 Å². The van der Waals surface area contributed by atoms with Crippen LogP contribution < -0.4 is 10.9 Å². The Bertz CT molecular complexity index is 997. The van der Waals surface area contributed by atoms with Crippen molar-refractivity contribution in [3.05, 3.63) is 46.2 Å². The van der Waals surface area contributed by atoms with Crippen LogP contribution in [0.4, 0.5) is 0 Å². The molecule has 0 unspecified atom stereocenters. The van der Waals surface area contributed by atoms with Gasteiger partial charge in [-0.25, -0.2) is 9.97 Å². The van der Waals surface area contributed by atoms with Gasteiger partial charge in [0, 0.05) is 38.4 Å². The predicted molar refractivity (Wildman–Crippen MR) is 85.8 cm³/mol. The zero-order valence-corrected chi connectivity index (χ0v) is 13.4. The van der Waals surface area contributed by atoms with Gasteiger partial charge in [0.1, 0.15) is 23.3 Å². The summed E-state index contributed by atoms with van der Waals surface area (Å²) in [6, 6.07) is -0.0101. The minimum Gasteiger partial charge on any atom is -0.442 e. The molecule has 1 atom stereocenters. The van der Waals surface area contributed by atoms with Crippen molar-refractivity contribution in [3.63, 3.8) is 0 Å². The van der Waals surface area contributed by atoms with E-state index in [1.807, 2.05) is 10.8 Å². The lowest BCUT2D eigenvalue weighted by Crippen LogP contribution is -2.41. The Morgan fingerprint density at radius 3 is 3.08 bits per heavy atom. The smallest absolute Gasteiger partial charge is 0.265 e. The molecule has 4 rings (SSSR count). The lowest BCUT2D eigenvalue weighted by Gasteiger charge is -2.24. The Morgan fingerprint density at radius 1 is 1.42 bits per heavy atom. The molecule has 0 fully saturated rings. The fourth-order valence-electron chi connectivity index (χ4n) is 3.20. The van der Waals surface area contributed by atoms with Crippen molar-refractivity contribution in [3.8, 4) is 0 Å². The van der Waals surface area contributed by atoms with Gasteiger partial charge < -0.3 is 18.9 Å². The molecule has 3 aromatic heterocycles. The third-order valence-electron chi connectivity index (χ3n) is 4.45. The first-order valence-electron chi connectivity index (χ1n) is 7.80. The van der Waals surface area contributed by atoms with E-state index in [-0.39, 0.29) is 34.2 Å². The van der Waals surface area contributed by atoms with Gasteiger partial charge in [-0.1, -0.05) is 0 Å². The molecule has 0 radical (unpaired) electrons. The number of aromatic nitrogens is 4. The Kier molecular flexibility index (Phi) is 3.26. The van der Waals surface area contributed by atoms with Crippen LogP contribution in [0, 0.1) is 6.92 Å². The summed E-state index contributed by atoms with van der Waals surface area (Å²) in [6.07, 6.45) is 6.69. The fraction of sp³-hybridized carbons (Fsp3) is 0.375. The van der Waals surface area contributed by atoms with Gasteiger partial charge >= 0.3 is 0 Å². The SMILES string of the molecule is Cc1oc2ncn(C)c(=O)c2c1C(=O)N[C@H]1CCc2nccn2C1. The minimum atomic E-state index is -0.301. The zero-order chi connectivity index (χ0) is 16.8. The first kappa shape index (κ1) is 14.7. The van der Waals surface area contributed by atoms with Crippen LogP contribution in [0.5, 0.6) is 0 Å². The number of hydrogen-bond acceptors (Lipinski definition) is 5. The van der Waals surface area contributed by atoms with E-state index in [0.29, 0.717) is 12.3 Å². The van der Waals surface area contributed by atoms with Crippen LogP contribution in [0.2, 0.25) is 0 Å². The first-order chi connectivity index (χ1) is 11.5.